The molecule has 0 spiro atoms. The van der Waals surface area contributed by atoms with E-state index in [0.29, 0.717) is 26.3 Å². The summed E-state index contributed by atoms with van der Waals surface area (Å²) in [5.41, 5.74) is 0. The molecule has 1 saturated heterocycles. The van der Waals surface area contributed by atoms with Gasteiger partial charge in [-0.25, -0.2) is 4.31 Å². The number of benzene rings is 1. The molecule has 2 rings (SSSR count). The van der Waals surface area contributed by atoms with Crippen molar-refractivity contribution in [3.63, 3.8) is 0 Å². The van der Waals surface area contributed by atoms with Crippen LogP contribution >= 0.6 is 0 Å². The number of morpholine rings is 1. The van der Waals surface area contributed by atoms with Crippen molar-refractivity contribution in [3.05, 3.63) is 30.3 Å². The smallest absolute Gasteiger partial charge is 0.119 e. The molecule has 0 bridgehead atoms. The van der Waals surface area contributed by atoms with Crippen molar-refractivity contribution in [2.45, 2.75) is 6.10 Å². The van der Waals surface area contributed by atoms with E-state index < -0.39 is 11.3 Å². The highest BCUT2D eigenvalue weighted by Crippen LogP contribution is 2.12. The van der Waals surface area contributed by atoms with Crippen LogP contribution in [0.5, 0.6) is 5.75 Å². The zero-order valence-electron chi connectivity index (χ0n) is 9.28. The van der Waals surface area contributed by atoms with Crippen molar-refractivity contribution in [1.82, 2.24) is 4.31 Å². The van der Waals surface area contributed by atoms with Gasteiger partial charge in [0.25, 0.3) is 0 Å². The van der Waals surface area contributed by atoms with Gasteiger partial charge in [0.15, 0.2) is 0 Å². The summed E-state index contributed by atoms with van der Waals surface area (Å²) in [7, 11) is 0. The topological polar surface area (TPSA) is 61.8 Å². The molecule has 0 N–H and O–H groups in total. The Hall–Kier alpha value is -0.950. The molecule has 1 aliphatic rings. The predicted octanol–water partition coefficient (Wildman–Crippen LogP) is 0.560. The largest absolute Gasteiger partial charge is 0.760 e. The van der Waals surface area contributed by atoms with Gasteiger partial charge in [0.05, 0.1) is 6.61 Å². The highest BCUT2D eigenvalue weighted by Gasteiger charge is 2.21. The molecule has 1 fully saturated rings. The quantitative estimate of drug-likeness (QED) is 0.738. The minimum Gasteiger partial charge on any atom is -0.760 e. The molecule has 2 atom stereocenters. The maximum absolute atomic E-state index is 10.8. The van der Waals surface area contributed by atoms with Crippen LogP contribution in [0.2, 0.25) is 0 Å². The Balaban J connectivity index is 1.81. The Morgan fingerprint density at radius 1 is 1.47 bits per heavy atom. The van der Waals surface area contributed by atoms with Crippen molar-refractivity contribution >= 4 is 11.3 Å². The molecule has 0 aromatic heterocycles. The summed E-state index contributed by atoms with van der Waals surface area (Å²) in [6, 6.07) is 9.39. The van der Waals surface area contributed by atoms with Crippen LogP contribution in [0.3, 0.4) is 0 Å². The van der Waals surface area contributed by atoms with Crippen LogP contribution in [-0.2, 0) is 16.0 Å². The predicted molar refractivity (Wildman–Crippen MR) is 62.2 cm³/mol. The molecule has 0 amide bonds. The van der Waals surface area contributed by atoms with Crippen molar-refractivity contribution < 1.29 is 18.2 Å². The molecule has 0 aliphatic carbocycles. The van der Waals surface area contributed by atoms with Crippen LogP contribution in [0, 0.1) is 0 Å². The van der Waals surface area contributed by atoms with Crippen molar-refractivity contribution in [2.24, 2.45) is 0 Å². The maximum atomic E-state index is 10.8. The summed E-state index contributed by atoms with van der Waals surface area (Å²) in [5.74, 6) is 0.761. The average molecular weight is 256 g/mol. The van der Waals surface area contributed by atoms with Crippen molar-refractivity contribution in [2.75, 3.05) is 26.3 Å². The Bertz CT molecular complexity index is 373. The van der Waals surface area contributed by atoms with E-state index in [1.54, 1.807) is 0 Å². The van der Waals surface area contributed by atoms with Crippen LogP contribution < -0.4 is 4.74 Å². The fourth-order valence-electron chi connectivity index (χ4n) is 1.63. The number of hydrogen-bond donors (Lipinski definition) is 0. The first-order valence-electron chi connectivity index (χ1n) is 5.39. The van der Waals surface area contributed by atoms with Gasteiger partial charge < -0.3 is 14.0 Å². The first-order chi connectivity index (χ1) is 8.25. The highest BCUT2D eigenvalue weighted by molar-refractivity contribution is 7.76. The van der Waals surface area contributed by atoms with E-state index in [4.69, 9.17) is 9.47 Å². The Labute approximate surface area is 103 Å². The van der Waals surface area contributed by atoms with E-state index >= 15 is 0 Å². The molecular formula is C11H14NO4S-. The number of nitrogens with zero attached hydrogens (tertiary/aromatic N) is 1. The third-order valence-electron chi connectivity index (χ3n) is 2.49. The lowest BCUT2D eigenvalue weighted by Crippen LogP contribution is -2.45. The molecule has 2 unspecified atom stereocenters. The summed E-state index contributed by atoms with van der Waals surface area (Å²) in [6.07, 6.45) is -0.207. The number of para-hydroxylation sites is 1. The fourth-order valence-corrected chi connectivity index (χ4v) is 2.15. The molecule has 17 heavy (non-hydrogen) atoms. The van der Waals surface area contributed by atoms with E-state index in [1.807, 2.05) is 30.3 Å². The molecule has 5 nitrogen and oxygen atoms in total. The molecule has 94 valence electrons. The molecule has 1 heterocycles. The second kappa shape index (κ2) is 6.11. The van der Waals surface area contributed by atoms with Gasteiger partial charge in [-0.3, -0.25) is 4.21 Å². The first kappa shape index (κ1) is 12.5. The number of ether oxygens (including phenoxy) is 2. The van der Waals surface area contributed by atoms with Gasteiger partial charge in [0, 0.05) is 24.4 Å². The molecule has 1 aromatic carbocycles. The van der Waals surface area contributed by atoms with E-state index in [9.17, 15) is 8.76 Å². The average Bonchev–Trinajstić information content (AvgIpc) is 2.38. The normalized spacial score (nSPS) is 23.2. The Morgan fingerprint density at radius 2 is 2.24 bits per heavy atom. The first-order valence-corrected chi connectivity index (χ1v) is 6.42. The lowest BCUT2D eigenvalue weighted by molar-refractivity contribution is -0.0253. The van der Waals surface area contributed by atoms with E-state index in [-0.39, 0.29) is 6.10 Å². The highest BCUT2D eigenvalue weighted by atomic mass is 32.2. The van der Waals surface area contributed by atoms with E-state index in [1.165, 1.54) is 4.31 Å². The van der Waals surface area contributed by atoms with E-state index in [0.717, 1.165) is 5.75 Å². The van der Waals surface area contributed by atoms with Gasteiger partial charge in [-0.1, -0.05) is 18.2 Å². The van der Waals surface area contributed by atoms with Crippen LogP contribution in [-0.4, -0.2) is 45.5 Å². The summed E-state index contributed by atoms with van der Waals surface area (Å²) >= 11 is -2.17. The monoisotopic (exact) mass is 256 g/mol. The molecule has 1 aliphatic heterocycles. The molecule has 1 aromatic rings. The number of rotatable bonds is 4. The van der Waals surface area contributed by atoms with Gasteiger partial charge in [0.2, 0.25) is 0 Å². The molecule has 6 heteroatoms. The Kier molecular flexibility index (Phi) is 4.49. The van der Waals surface area contributed by atoms with Gasteiger partial charge in [-0.2, -0.15) is 0 Å². The molecule has 0 radical (unpaired) electrons. The minimum atomic E-state index is -2.17. The standard InChI is InChI=1S/C11H15NO4S/c13-17(14)12-6-7-15-11(8-12)9-16-10-4-2-1-3-5-10/h1-5,11H,6-9H2,(H,13,14)/p-1. The summed E-state index contributed by atoms with van der Waals surface area (Å²) in [6.45, 7) is 1.54. The lowest BCUT2D eigenvalue weighted by atomic mass is 10.3. The molecule has 0 saturated carbocycles. The molecular weight excluding hydrogens is 242 g/mol. The summed E-state index contributed by atoms with van der Waals surface area (Å²) < 4.78 is 33.9. The summed E-state index contributed by atoms with van der Waals surface area (Å²) in [5, 5.41) is 0. The summed E-state index contributed by atoms with van der Waals surface area (Å²) in [4.78, 5) is 0. The van der Waals surface area contributed by atoms with E-state index in [2.05, 4.69) is 0 Å². The zero-order valence-corrected chi connectivity index (χ0v) is 10.1. The minimum absolute atomic E-state index is 0.207. The lowest BCUT2D eigenvalue weighted by Gasteiger charge is -2.33. The van der Waals surface area contributed by atoms with Crippen molar-refractivity contribution in [1.29, 1.82) is 0 Å². The second-order valence-electron chi connectivity index (χ2n) is 3.72. The maximum Gasteiger partial charge on any atom is 0.119 e. The van der Waals surface area contributed by atoms with Gasteiger partial charge in [0.1, 0.15) is 18.5 Å². The zero-order chi connectivity index (χ0) is 12.1. The van der Waals surface area contributed by atoms with Crippen molar-refractivity contribution in [3.8, 4) is 5.75 Å². The van der Waals surface area contributed by atoms with Gasteiger partial charge in [-0.15, -0.1) is 0 Å². The second-order valence-corrected chi connectivity index (χ2v) is 4.67. The SMILES string of the molecule is O=S([O-])N1CCOC(COc2ccccc2)C1. The van der Waals surface area contributed by atoms with Gasteiger partial charge in [-0.05, 0) is 12.1 Å². The van der Waals surface area contributed by atoms with Gasteiger partial charge >= 0.3 is 0 Å². The number of hydrogen-bond acceptors (Lipinski definition) is 4. The Morgan fingerprint density at radius 3 is 2.94 bits per heavy atom. The fraction of sp³-hybridized carbons (Fsp3) is 0.455. The third-order valence-corrected chi connectivity index (χ3v) is 3.24. The van der Waals surface area contributed by atoms with Crippen LogP contribution in [0.1, 0.15) is 0 Å². The third kappa shape index (κ3) is 3.78. The van der Waals surface area contributed by atoms with Crippen LogP contribution in [0.4, 0.5) is 0 Å². The van der Waals surface area contributed by atoms with Crippen LogP contribution in [0.15, 0.2) is 30.3 Å². The van der Waals surface area contributed by atoms with Crippen LogP contribution in [0.25, 0.3) is 0 Å².